The SMILES string of the molecule is CNC(=O)c1ccc(NC(=O)c2cn(-c3ccccc3C(F)(F)F)nn2)cc1. The molecule has 0 saturated heterocycles. The molecule has 1 aromatic heterocycles. The first-order chi connectivity index (χ1) is 13.3. The second kappa shape index (κ2) is 7.51. The smallest absolute Gasteiger partial charge is 0.355 e. The Labute approximate surface area is 157 Å². The number of rotatable bonds is 4. The van der Waals surface area contributed by atoms with Crippen LogP contribution in [0.1, 0.15) is 26.4 Å². The van der Waals surface area contributed by atoms with E-state index in [2.05, 4.69) is 20.9 Å². The van der Waals surface area contributed by atoms with Crippen molar-refractivity contribution in [2.75, 3.05) is 12.4 Å². The fourth-order valence-electron chi connectivity index (χ4n) is 2.44. The van der Waals surface area contributed by atoms with Gasteiger partial charge < -0.3 is 10.6 Å². The maximum absolute atomic E-state index is 13.1. The zero-order chi connectivity index (χ0) is 20.3. The molecule has 28 heavy (non-hydrogen) atoms. The number of hydrogen-bond donors (Lipinski definition) is 2. The average molecular weight is 389 g/mol. The van der Waals surface area contributed by atoms with Gasteiger partial charge in [0, 0.05) is 18.3 Å². The Balaban J connectivity index is 1.79. The maximum Gasteiger partial charge on any atom is 0.418 e. The Morgan fingerprint density at radius 1 is 1.00 bits per heavy atom. The molecule has 0 radical (unpaired) electrons. The first-order valence-electron chi connectivity index (χ1n) is 8.02. The van der Waals surface area contributed by atoms with Crippen molar-refractivity contribution in [1.29, 1.82) is 0 Å². The number of carbonyl (C=O) groups excluding carboxylic acids is 2. The van der Waals surface area contributed by atoms with Gasteiger partial charge in [0.25, 0.3) is 11.8 Å². The minimum absolute atomic E-state index is 0.160. The summed E-state index contributed by atoms with van der Waals surface area (Å²) in [6.07, 6.45) is -3.46. The average Bonchev–Trinajstić information content (AvgIpc) is 3.17. The van der Waals surface area contributed by atoms with Crippen molar-refractivity contribution in [2.24, 2.45) is 0 Å². The number of carbonyl (C=O) groups is 2. The predicted octanol–water partition coefficient (Wildman–Crippen LogP) is 2.90. The van der Waals surface area contributed by atoms with Crippen LogP contribution in [0.3, 0.4) is 0 Å². The van der Waals surface area contributed by atoms with E-state index in [4.69, 9.17) is 0 Å². The summed E-state index contributed by atoms with van der Waals surface area (Å²) in [5.74, 6) is -0.924. The van der Waals surface area contributed by atoms with Gasteiger partial charge in [-0.15, -0.1) is 5.10 Å². The predicted molar refractivity (Wildman–Crippen MR) is 94.1 cm³/mol. The van der Waals surface area contributed by atoms with Gasteiger partial charge in [-0.25, -0.2) is 4.68 Å². The van der Waals surface area contributed by atoms with Crippen molar-refractivity contribution < 1.29 is 22.8 Å². The lowest BCUT2D eigenvalue weighted by molar-refractivity contribution is -0.137. The maximum atomic E-state index is 13.1. The standard InChI is InChI=1S/C18H14F3N5O2/c1-22-16(27)11-6-8-12(9-7-11)23-17(28)14-10-26(25-24-14)15-5-3-2-4-13(15)18(19,20)21/h2-10H,1H3,(H,22,27)(H,23,28). The van der Waals surface area contributed by atoms with Gasteiger partial charge in [0.15, 0.2) is 5.69 Å². The van der Waals surface area contributed by atoms with Crippen LogP contribution in [-0.4, -0.2) is 33.9 Å². The van der Waals surface area contributed by atoms with Crippen LogP contribution < -0.4 is 10.6 Å². The van der Waals surface area contributed by atoms with Crippen LogP contribution in [0.25, 0.3) is 5.69 Å². The number of nitrogens with zero attached hydrogens (tertiary/aromatic N) is 3. The number of anilines is 1. The number of aromatic nitrogens is 3. The Hall–Kier alpha value is -3.69. The molecule has 0 atom stereocenters. The molecule has 144 valence electrons. The highest BCUT2D eigenvalue weighted by Crippen LogP contribution is 2.33. The molecule has 1 heterocycles. The third kappa shape index (κ3) is 4.00. The zero-order valence-corrected chi connectivity index (χ0v) is 14.5. The van der Waals surface area contributed by atoms with Crippen molar-refractivity contribution in [3.8, 4) is 5.69 Å². The van der Waals surface area contributed by atoms with Crippen LogP contribution in [-0.2, 0) is 6.18 Å². The second-order valence-corrected chi connectivity index (χ2v) is 5.67. The van der Waals surface area contributed by atoms with E-state index in [1.807, 2.05) is 0 Å². The molecule has 0 aliphatic carbocycles. The first-order valence-corrected chi connectivity index (χ1v) is 8.02. The molecule has 2 N–H and O–H groups in total. The van der Waals surface area contributed by atoms with Gasteiger partial charge in [0.2, 0.25) is 0 Å². The lowest BCUT2D eigenvalue weighted by Gasteiger charge is -2.11. The van der Waals surface area contributed by atoms with Crippen molar-refractivity contribution in [3.63, 3.8) is 0 Å². The van der Waals surface area contributed by atoms with Crippen LogP contribution in [0.5, 0.6) is 0 Å². The van der Waals surface area contributed by atoms with Gasteiger partial charge in [-0.2, -0.15) is 13.2 Å². The number of amides is 2. The van der Waals surface area contributed by atoms with Gasteiger partial charge in [-0.05, 0) is 36.4 Å². The van der Waals surface area contributed by atoms with E-state index >= 15 is 0 Å². The molecule has 7 nitrogen and oxygen atoms in total. The highest BCUT2D eigenvalue weighted by atomic mass is 19.4. The molecule has 0 spiro atoms. The first kappa shape index (κ1) is 19.1. The summed E-state index contributed by atoms with van der Waals surface area (Å²) in [5.41, 5.74) is -0.487. The van der Waals surface area contributed by atoms with Crippen LogP contribution in [0.2, 0.25) is 0 Å². The molecule has 0 saturated carbocycles. The third-order valence-electron chi connectivity index (χ3n) is 3.81. The minimum Gasteiger partial charge on any atom is -0.355 e. The van der Waals surface area contributed by atoms with Crippen molar-refractivity contribution in [2.45, 2.75) is 6.18 Å². The highest BCUT2D eigenvalue weighted by Gasteiger charge is 2.34. The van der Waals surface area contributed by atoms with E-state index in [1.54, 1.807) is 0 Å². The summed E-state index contributed by atoms with van der Waals surface area (Å²) >= 11 is 0. The van der Waals surface area contributed by atoms with Crippen LogP contribution in [0.4, 0.5) is 18.9 Å². The van der Waals surface area contributed by atoms with Crippen molar-refractivity contribution in [1.82, 2.24) is 20.3 Å². The minimum atomic E-state index is -4.57. The summed E-state index contributed by atoms with van der Waals surface area (Å²) in [4.78, 5) is 23.8. The van der Waals surface area contributed by atoms with Crippen molar-refractivity contribution >= 4 is 17.5 Å². The molecule has 3 aromatic rings. The lowest BCUT2D eigenvalue weighted by atomic mass is 10.1. The highest BCUT2D eigenvalue weighted by molar-refractivity contribution is 6.03. The molecule has 0 unspecified atom stereocenters. The van der Waals surface area contributed by atoms with Gasteiger partial charge in [0.1, 0.15) is 0 Å². The monoisotopic (exact) mass is 389 g/mol. The molecular weight excluding hydrogens is 375 g/mol. The van der Waals surface area contributed by atoms with Gasteiger partial charge in [-0.3, -0.25) is 9.59 Å². The number of benzene rings is 2. The fourth-order valence-corrected chi connectivity index (χ4v) is 2.44. The van der Waals surface area contributed by atoms with E-state index in [9.17, 15) is 22.8 Å². The van der Waals surface area contributed by atoms with Gasteiger partial charge in [-0.1, -0.05) is 17.3 Å². The summed E-state index contributed by atoms with van der Waals surface area (Å²) in [7, 11) is 1.50. The molecule has 10 heteroatoms. The summed E-state index contributed by atoms with van der Waals surface area (Å²) in [6.45, 7) is 0. The molecule has 2 aromatic carbocycles. The molecular formula is C18H14F3N5O2. The molecule has 0 aliphatic heterocycles. The van der Waals surface area contributed by atoms with Gasteiger partial charge >= 0.3 is 6.18 Å². The van der Waals surface area contributed by atoms with Crippen LogP contribution in [0.15, 0.2) is 54.7 Å². The third-order valence-corrected chi connectivity index (χ3v) is 3.81. The number of nitrogens with one attached hydrogen (secondary N) is 2. The zero-order valence-electron chi connectivity index (χ0n) is 14.5. The van der Waals surface area contributed by atoms with E-state index in [0.717, 1.165) is 16.9 Å². The molecule has 0 fully saturated rings. The summed E-state index contributed by atoms with van der Waals surface area (Å²) < 4.78 is 40.3. The Morgan fingerprint density at radius 3 is 2.32 bits per heavy atom. The lowest BCUT2D eigenvalue weighted by Crippen LogP contribution is -2.18. The Bertz CT molecular complexity index is 1010. The van der Waals surface area contributed by atoms with E-state index in [1.165, 1.54) is 49.5 Å². The molecule has 0 bridgehead atoms. The van der Waals surface area contributed by atoms with Crippen LogP contribution in [0, 0.1) is 0 Å². The van der Waals surface area contributed by atoms with E-state index < -0.39 is 17.6 Å². The number of halogens is 3. The fraction of sp³-hybridized carbons (Fsp3) is 0.111. The molecule has 2 amide bonds. The largest absolute Gasteiger partial charge is 0.418 e. The molecule has 0 aliphatic rings. The number of alkyl halides is 3. The van der Waals surface area contributed by atoms with Crippen LogP contribution >= 0.6 is 0 Å². The normalized spacial score (nSPS) is 11.1. The molecule has 3 rings (SSSR count). The van der Waals surface area contributed by atoms with Crippen molar-refractivity contribution in [3.05, 3.63) is 71.5 Å². The summed E-state index contributed by atoms with van der Waals surface area (Å²) in [5, 5.41) is 12.3. The Kier molecular flexibility index (Phi) is 5.12. The number of para-hydroxylation sites is 1. The van der Waals surface area contributed by atoms with E-state index in [0.29, 0.717) is 11.3 Å². The number of hydrogen-bond acceptors (Lipinski definition) is 4. The second-order valence-electron chi connectivity index (χ2n) is 5.67. The summed E-state index contributed by atoms with van der Waals surface area (Å²) in [6, 6.07) is 10.9. The topological polar surface area (TPSA) is 88.9 Å². The quantitative estimate of drug-likeness (QED) is 0.718. The van der Waals surface area contributed by atoms with Gasteiger partial charge in [0.05, 0.1) is 17.4 Å². The van der Waals surface area contributed by atoms with E-state index in [-0.39, 0.29) is 17.3 Å². The Morgan fingerprint density at radius 2 is 1.68 bits per heavy atom.